The highest BCUT2D eigenvalue weighted by atomic mass is 127. The lowest BCUT2D eigenvalue weighted by Crippen LogP contribution is -1.78. The zero-order chi connectivity index (χ0) is 7.84. The van der Waals surface area contributed by atoms with Gasteiger partial charge in [-0.3, -0.25) is 0 Å². The predicted molar refractivity (Wildman–Crippen MR) is 50.1 cm³/mol. The monoisotopic (exact) mass is 280 g/mol. The van der Waals surface area contributed by atoms with E-state index in [0.29, 0.717) is 4.83 Å². The zero-order valence-corrected chi connectivity index (χ0v) is 8.19. The third kappa shape index (κ3) is 1.34. The number of fused-ring (bicyclic) bond motifs is 1. The smallest absolute Gasteiger partial charge is 0.214 e. The number of halogens is 2. The molecule has 2 rings (SSSR count). The third-order valence-corrected chi connectivity index (χ3v) is 2.85. The summed E-state index contributed by atoms with van der Waals surface area (Å²) in [5.74, 6) is -0.447. The van der Waals surface area contributed by atoms with E-state index in [0.717, 1.165) is 8.53 Å². The van der Waals surface area contributed by atoms with Crippen LogP contribution >= 0.6 is 33.9 Å². The summed E-state index contributed by atoms with van der Waals surface area (Å²) in [5, 5.41) is 0. The molecule has 0 bridgehead atoms. The van der Waals surface area contributed by atoms with Crippen molar-refractivity contribution < 1.29 is 4.39 Å². The fourth-order valence-electron chi connectivity index (χ4n) is 0.768. The van der Waals surface area contributed by atoms with Gasteiger partial charge in [0.2, 0.25) is 5.95 Å². The number of hydrogen-bond acceptors (Lipinski definition) is 3. The van der Waals surface area contributed by atoms with Crippen LogP contribution in [0.15, 0.2) is 12.1 Å². The lowest BCUT2D eigenvalue weighted by Gasteiger charge is -1.84. The van der Waals surface area contributed by atoms with Gasteiger partial charge < -0.3 is 0 Å². The predicted octanol–water partition coefficient (Wildman–Crippen LogP) is 2.44. The molecule has 0 saturated carbocycles. The first-order valence-corrected chi connectivity index (χ1v) is 4.74. The first-order valence-electron chi connectivity index (χ1n) is 2.84. The minimum absolute atomic E-state index is 0.447. The fraction of sp³-hybridized carbons (Fsp3) is 0. The number of pyridine rings is 1. The molecule has 56 valence electrons. The van der Waals surface area contributed by atoms with Crippen molar-refractivity contribution in [3.05, 3.63) is 21.1 Å². The largest absolute Gasteiger partial charge is 0.228 e. The molecule has 0 aliphatic heterocycles. The van der Waals surface area contributed by atoms with E-state index < -0.39 is 5.95 Å². The molecule has 2 heterocycles. The molecule has 0 N–H and O–H groups in total. The number of hydrogen-bond donors (Lipinski definition) is 0. The van der Waals surface area contributed by atoms with Crippen LogP contribution in [0.4, 0.5) is 4.39 Å². The van der Waals surface area contributed by atoms with Crippen LogP contribution in [0.2, 0.25) is 0 Å². The van der Waals surface area contributed by atoms with Crippen molar-refractivity contribution in [2.24, 2.45) is 0 Å². The summed E-state index contributed by atoms with van der Waals surface area (Å²) in [6.07, 6.45) is 0. The van der Waals surface area contributed by atoms with Crippen molar-refractivity contribution in [2.75, 3.05) is 0 Å². The van der Waals surface area contributed by atoms with Gasteiger partial charge in [-0.2, -0.15) is 4.39 Å². The quantitative estimate of drug-likeness (QED) is 0.547. The Morgan fingerprint density at radius 3 is 3.00 bits per heavy atom. The van der Waals surface area contributed by atoms with Crippen molar-refractivity contribution in [3.63, 3.8) is 0 Å². The molecule has 0 spiro atoms. The number of thiazole rings is 1. The normalized spacial score (nSPS) is 10.7. The van der Waals surface area contributed by atoms with E-state index in [-0.39, 0.29) is 0 Å². The summed E-state index contributed by atoms with van der Waals surface area (Å²) in [6, 6.07) is 2.95. The first kappa shape index (κ1) is 7.35. The maximum absolute atomic E-state index is 12.5. The second kappa shape index (κ2) is 2.63. The maximum atomic E-state index is 12.5. The number of nitrogens with zero attached hydrogens (tertiary/aromatic N) is 2. The van der Waals surface area contributed by atoms with Gasteiger partial charge in [-0.15, -0.1) is 0 Å². The van der Waals surface area contributed by atoms with E-state index in [1.165, 1.54) is 17.4 Å². The highest BCUT2D eigenvalue weighted by Crippen LogP contribution is 2.20. The van der Waals surface area contributed by atoms with Gasteiger partial charge in [-0.05, 0) is 34.7 Å². The average molecular weight is 280 g/mol. The molecule has 0 radical (unpaired) electrons. The molecule has 2 aromatic heterocycles. The standard InChI is InChI=1S/C6H2FIN2S/c7-4-2-1-3-5(10-4)11-6(8)9-3/h1-2H. The lowest BCUT2D eigenvalue weighted by molar-refractivity contribution is 0.589. The van der Waals surface area contributed by atoms with Gasteiger partial charge in [0.15, 0.2) is 3.01 Å². The van der Waals surface area contributed by atoms with E-state index in [2.05, 4.69) is 32.6 Å². The minimum atomic E-state index is -0.447. The zero-order valence-electron chi connectivity index (χ0n) is 5.21. The average Bonchev–Trinajstić information content (AvgIpc) is 2.27. The van der Waals surface area contributed by atoms with Crippen molar-refractivity contribution in [1.29, 1.82) is 0 Å². The summed E-state index contributed by atoms with van der Waals surface area (Å²) in [4.78, 5) is 8.47. The van der Waals surface area contributed by atoms with Crippen molar-refractivity contribution in [1.82, 2.24) is 9.97 Å². The van der Waals surface area contributed by atoms with E-state index >= 15 is 0 Å². The van der Waals surface area contributed by atoms with Crippen molar-refractivity contribution >= 4 is 44.3 Å². The lowest BCUT2D eigenvalue weighted by atomic mass is 10.4. The molecule has 11 heavy (non-hydrogen) atoms. The summed E-state index contributed by atoms with van der Waals surface area (Å²) < 4.78 is 13.4. The van der Waals surface area contributed by atoms with Gasteiger partial charge in [0.05, 0.1) is 0 Å². The van der Waals surface area contributed by atoms with Gasteiger partial charge in [0, 0.05) is 0 Å². The summed E-state index contributed by atoms with van der Waals surface area (Å²) in [7, 11) is 0. The van der Waals surface area contributed by atoms with Crippen LogP contribution in [0.25, 0.3) is 10.3 Å². The Bertz CT molecular complexity index is 400. The summed E-state index contributed by atoms with van der Waals surface area (Å²) in [5.41, 5.74) is 0.765. The van der Waals surface area contributed by atoms with Gasteiger partial charge in [-0.25, -0.2) is 9.97 Å². The molecule has 2 aromatic rings. The number of rotatable bonds is 0. The maximum Gasteiger partial charge on any atom is 0.214 e. The molecule has 0 atom stereocenters. The molecule has 0 unspecified atom stereocenters. The summed E-state index contributed by atoms with van der Waals surface area (Å²) >= 11 is 3.48. The van der Waals surface area contributed by atoms with E-state index in [4.69, 9.17) is 0 Å². The van der Waals surface area contributed by atoms with E-state index in [9.17, 15) is 4.39 Å². The van der Waals surface area contributed by atoms with E-state index in [1.54, 1.807) is 6.07 Å². The van der Waals surface area contributed by atoms with Gasteiger partial charge in [0.25, 0.3) is 0 Å². The molecule has 2 nitrogen and oxygen atoms in total. The van der Waals surface area contributed by atoms with Gasteiger partial charge >= 0.3 is 0 Å². The Hall–Kier alpha value is -0.300. The van der Waals surface area contributed by atoms with Gasteiger partial charge in [-0.1, -0.05) is 11.3 Å². The van der Waals surface area contributed by atoms with Crippen LogP contribution in [0, 0.1) is 8.96 Å². The Balaban J connectivity index is 2.82. The van der Waals surface area contributed by atoms with Crippen LogP contribution in [0.1, 0.15) is 0 Å². The van der Waals surface area contributed by atoms with Crippen LogP contribution in [0.5, 0.6) is 0 Å². The second-order valence-corrected chi connectivity index (χ2v) is 4.66. The second-order valence-electron chi connectivity index (χ2n) is 1.93. The van der Waals surface area contributed by atoms with Crippen molar-refractivity contribution in [3.8, 4) is 0 Å². The van der Waals surface area contributed by atoms with Gasteiger partial charge in [0.1, 0.15) is 10.3 Å². The fourth-order valence-corrected chi connectivity index (χ4v) is 2.31. The number of aromatic nitrogens is 2. The molecule has 0 aliphatic rings. The molecular formula is C6H2FIN2S. The summed E-state index contributed by atoms with van der Waals surface area (Å²) in [6.45, 7) is 0. The SMILES string of the molecule is Fc1ccc2nc(I)sc2n1. The topological polar surface area (TPSA) is 25.8 Å². The van der Waals surface area contributed by atoms with E-state index in [1.807, 2.05) is 0 Å². The Kier molecular flexibility index (Phi) is 1.76. The Morgan fingerprint density at radius 2 is 2.18 bits per heavy atom. The first-order chi connectivity index (χ1) is 5.25. The molecule has 0 amide bonds. The highest BCUT2D eigenvalue weighted by molar-refractivity contribution is 14.1. The van der Waals surface area contributed by atoms with Crippen LogP contribution in [-0.4, -0.2) is 9.97 Å². The highest BCUT2D eigenvalue weighted by Gasteiger charge is 2.02. The molecule has 0 saturated heterocycles. The molecule has 0 aliphatic carbocycles. The Morgan fingerprint density at radius 1 is 1.36 bits per heavy atom. The molecular weight excluding hydrogens is 278 g/mol. The van der Waals surface area contributed by atoms with Crippen LogP contribution < -0.4 is 0 Å². The Labute approximate surface area is 79.6 Å². The molecule has 0 aromatic carbocycles. The van der Waals surface area contributed by atoms with Crippen molar-refractivity contribution in [2.45, 2.75) is 0 Å². The third-order valence-electron chi connectivity index (χ3n) is 1.20. The van der Waals surface area contributed by atoms with Crippen LogP contribution in [-0.2, 0) is 0 Å². The molecule has 5 heteroatoms. The molecule has 0 fully saturated rings. The minimum Gasteiger partial charge on any atom is -0.228 e. The van der Waals surface area contributed by atoms with Crippen LogP contribution in [0.3, 0.4) is 0 Å².